The molecule has 1 aliphatic heterocycles. The molecule has 5 heteroatoms. The second-order valence-electron chi connectivity index (χ2n) is 5.68. The van der Waals surface area contributed by atoms with Gasteiger partial charge < -0.3 is 20.5 Å². The Bertz CT molecular complexity index is 273. The lowest BCUT2D eigenvalue weighted by atomic mass is 9.93. The van der Waals surface area contributed by atoms with Crippen LogP contribution >= 0.6 is 0 Å². The molecule has 3 N–H and O–H groups in total. The summed E-state index contributed by atoms with van der Waals surface area (Å²) in [6.45, 7) is 8.54. The Balaban J connectivity index is 2.28. The summed E-state index contributed by atoms with van der Waals surface area (Å²) in [7, 11) is 0. The SMILES string of the molecule is CC(NC(=O)NCC(C)(O)C(C)C)C1CCCO1. The Morgan fingerprint density at radius 2 is 2.17 bits per heavy atom. The highest BCUT2D eigenvalue weighted by Gasteiger charge is 2.27. The van der Waals surface area contributed by atoms with Crippen LogP contribution in [0.5, 0.6) is 0 Å². The van der Waals surface area contributed by atoms with E-state index in [1.807, 2.05) is 20.8 Å². The Morgan fingerprint density at radius 1 is 1.50 bits per heavy atom. The summed E-state index contributed by atoms with van der Waals surface area (Å²) in [5.41, 5.74) is -0.884. The van der Waals surface area contributed by atoms with Crippen LogP contribution in [0, 0.1) is 5.92 Å². The van der Waals surface area contributed by atoms with Crippen molar-refractivity contribution in [1.82, 2.24) is 10.6 Å². The van der Waals surface area contributed by atoms with E-state index in [0.717, 1.165) is 19.4 Å². The zero-order chi connectivity index (χ0) is 13.8. The van der Waals surface area contributed by atoms with Gasteiger partial charge in [-0.1, -0.05) is 13.8 Å². The topological polar surface area (TPSA) is 70.6 Å². The van der Waals surface area contributed by atoms with Gasteiger partial charge in [0.15, 0.2) is 0 Å². The molecule has 1 heterocycles. The third-order valence-corrected chi connectivity index (χ3v) is 3.73. The smallest absolute Gasteiger partial charge is 0.315 e. The van der Waals surface area contributed by atoms with E-state index >= 15 is 0 Å². The molecule has 3 atom stereocenters. The van der Waals surface area contributed by atoms with Crippen molar-refractivity contribution in [2.24, 2.45) is 5.92 Å². The molecule has 3 unspecified atom stereocenters. The van der Waals surface area contributed by atoms with Crippen molar-refractivity contribution >= 4 is 6.03 Å². The fourth-order valence-corrected chi connectivity index (χ4v) is 1.81. The molecule has 0 aromatic rings. The van der Waals surface area contributed by atoms with Crippen LogP contribution in [-0.2, 0) is 4.74 Å². The fraction of sp³-hybridized carbons (Fsp3) is 0.923. The second kappa shape index (κ2) is 6.38. The molecule has 1 aliphatic rings. The van der Waals surface area contributed by atoms with E-state index in [4.69, 9.17) is 4.74 Å². The summed E-state index contributed by atoms with van der Waals surface area (Å²) in [5.74, 6) is 0.0911. The van der Waals surface area contributed by atoms with Crippen LogP contribution < -0.4 is 10.6 Å². The average Bonchev–Trinajstić information content (AvgIpc) is 2.79. The molecule has 0 aromatic carbocycles. The van der Waals surface area contributed by atoms with Crippen molar-refractivity contribution in [3.8, 4) is 0 Å². The van der Waals surface area contributed by atoms with Crippen LogP contribution in [-0.4, -0.2) is 42.0 Å². The Morgan fingerprint density at radius 3 is 2.67 bits per heavy atom. The van der Waals surface area contributed by atoms with Gasteiger partial charge in [-0.3, -0.25) is 0 Å². The van der Waals surface area contributed by atoms with Gasteiger partial charge in [-0.25, -0.2) is 4.79 Å². The lowest BCUT2D eigenvalue weighted by Gasteiger charge is -2.28. The van der Waals surface area contributed by atoms with Crippen LogP contribution in [0.3, 0.4) is 0 Å². The van der Waals surface area contributed by atoms with Gasteiger partial charge in [-0.15, -0.1) is 0 Å². The van der Waals surface area contributed by atoms with Gasteiger partial charge in [0.1, 0.15) is 0 Å². The normalized spacial score (nSPS) is 24.7. The van der Waals surface area contributed by atoms with Crippen molar-refractivity contribution in [3.63, 3.8) is 0 Å². The van der Waals surface area contributed by atoms with Crippen LogP contribution in [0.25, 0.3) is 0 Å². The summed E-state index contributed by atoms with van der Waals surface area (Å²) < 4.78 is 5.51. The molecule has 0 aromatic heterocycles. The second-order valence-corrected chi connectivity index (χ2v) is 5.68. The lowest BCUT2D eigenvalue weighted by molar-refractivity contribution is 0.0162. The van der Waals surface area contributed by atoms with Crippen molar-refractivity contribution < 1.29 is 14.6 Å². The summed E-state index contributed by atoms with van der Waals surface area (Å²) in [6, 6.07) is -0.254. The molecule has 0 saturated carbocycles. The average molecular weight is 258 g/mol. The number of ether oxygens (including phenoxy) is 1. The summed E-state index contributed by atoms with van der Waals surface area (Å²) in [6.07, 6.45) is 2.16. The molecule has 2 amide bonds. The summed E-state index contributed by atoms with van der Waals surface area (Å²) in [5, 5.41) is 15.6. The highest BCUT2D eigenvalue weighted by molar-refractivity contribution is 5.74. The van der Waals surface area contributed by atoms with E-state index in [-0.39, 0.29) is 30.6 Å². The third-order valence-electron chi connectivity index (χ3n) is 3.73. The molecule has 1 rings (SSSR count). The summed E-state index contributed by atoms with van der Waals surface area (Å²) >= 11 is 0. The standard InChI is InChI=1S/C13H26N2O3/c1-9(2)13(4,17)8-14-12(16)15-10(3)11-6-5-7-18-11/h9-11,17H,5-8H2,1-4H3,(H2,14,15,16). The van der Waals surface area contributed by atoms with Gasteiger partial charge >= 0.3 is 6.03 Å². The van der Waals surface area contributed by atoms with Crippen LogP contribution in [0.15, 0.2) is 0 Å². The first kappa shape index (κ1) is 15.2. The van der Waals surface area contributed by atoms with E-state index in [9.17, 15) is 9.90 Å². The fourth-order valence-electron chi connectivity index (χ4n) is 1.81. The highest BCUT2D eigenvalue weighted by atomic mass is 16.5. The van der Waals surface area contributed by atoms with Gasteiger partial charge in [-0.2, -0.15) is 0 Å². The van der Waals surface area contributed by atoms with Crippen molar-refractivity contribution in [1.29, 1.82) is 0 Å². The zero-order valence-corrected chi connectivity index (χ0v) is 11.8. The first-order chi connectivity index (χ1) is 8.33. The van der Waals surface area contributed by atoms with E-state index < -0.39 is 5.60 Å². The minimum atomic E-state index is -0.884. The van der Waals surface area contributed by atoms with E-state index in [1.54, 1.807) is 6.92 Å². The predicted octanol–water partition coefficient (Wildman–Crippen LogP) is 1.26. The third kappa shape index (κ3) is 4.46. The minimum absolute atomic E-state index is 0.00324. The molecule has 0 bridgehead atoms. The van der Waals surface area contributed by atoms with Gasteiger partial charge in [-0.05, 0) is 32.6 Å². The maximum absolute atomic E-state index is 11.7. The Labute approximate surface area is 109 Å². The van der Waals surface area contributed by atoms with Crippen LogP contribution in [0.2, 0.25) is 0 Å². The quantitative estimate of drug-likeness (QED) is 0.695. The number of amides is 2. The highest BCUT2D eigenvalue weighted by Crippen LogP contribution is 2.16. The lowest BCUT2D eigenvalue weighted by Crippen LogP contribution is -2.51. The molecular formula is C13H26N2O3. The number of urea groups is 1. The Hall–Kier alpha value is -0.810. The molecule has 18 heavy (non-hydrogen) atoms. The number of nitrogens with one attached hydrogen (secondary N) is 2. The van der Waals surface area contributed by atoms with E-state index in [1.165, 1.54) is 0 Å². The molecule has 106 valence electrons. The van der Waals surface area contributed by atoms with Crippen molar-refractivity contribution in [2.75, 3.05) is 13.2 Å². The maximum Gasteiger partial charge on any atom is 0.315 e. The van der Waals surface area contributed by atoms with Gasteiger partial charge in [0.25, 0.3) is 0 Å². The van der Waals surface area contributed by atoms with Crippen molar-refractivity contribution in [2.45, 2.75) is 58.3 Å². The first-order valence-corrected chi connectivity index (χ1v) is 6.71. The van der Waals surface area contributed by atoms with Gasteiger partial charge in [0, 0.05) is 13.2 Å². The van der Waals surface area contributed by atoms with Crippen LogP contribution in [0.1, 0.15) is 40.5 Å². The summed E-state index contributed by atoms with van der Waals surface area (Å²) in [4.78, 5) is 11.7. The van der Waals surface area contributed by atoms with Gasteiger partial charge in [0.05, 0.1) is 17.7 Å². The van der Waals surface area contributed by atoms with Crippen molar-refractivity contribution in [3.05, 3.63) is 0 Å². The molecular weight excluding hydrogens is 232 g/mol. The maximum atomic E-state index is 11.7. The van der Waals surface area contributed by atoms with Crippen LogP contribution in [0.4, 0.5) is 4.79 Å². The molecule has 1 saturated heterocycles. The Kier molecular flexibility index (Phi) is 5.41. The molecule has 0 aliphatic carbocycles. The predicted molar refractivity (Wildman–Crippen MR) is 70.4 cm³/mol. The molecule has 1 fully saturated rings. The monoisotopic (exact) mass is 258 g/mol. The van der Waals surface area contributed by atoms with E-state index in [2.05, 4.69) is 10.6 Å². The number of hydrogen-bond donors (Lipinski definition) is 3. The molecule has 0 spiro atoms. The number of aliphatic hydroxyl groups is 1. The first-order valence-electron chi connectivity index (χ1n) is 6.71. The molecule has 0 radical (unpaired) electrons. The zero-order valence-electron chi connectivity index (χ0n) is 11.8. The minimum Gasteiger partial charge on any atom is -0.388 e. The number of rotatable bonds is 5. The largest absolute Gasteiger partial charge is 0.388 e. The number of carbonyl (C=O) groups is 1. The van der Waals surface area contributed by atoms with Gasteiger partial charge in [0.2, 0.25) is 0 Å². The molecule has 5 nitrogen and oxygen atoms in total. The number of hydrogen-bond acceptors (Lipinski definition) is 3. The number of carbonyl (C=O) groups excluding carboxylic acids is 1. The van der Waals surface area contributed by atoms with E-state index in [0.29, 0.717) is 0 Å².